The SMILES string of the molecule is CC(C#Cc1ccc(-c2c[nH]nn2)cc1)C(O)c1ccc(F)cc1F. The van der Waals surface area contributed by atoms with Gasteiger partial charge in [0, 0.05) is 34.9 Å². The molecule has 1 heterocycles. The van der Waals surface area contributed by atoms with Crippen LogP contribution in [0.1, 0.15) is 24.2 Å². The highest BCUT2D eigenvalue weighted by Gasteiger charge is 2.18. The summed E-state index contributed by atoms with van der Waals surface area (Å²) in [5.74, 6) is 3.87. The van der Waals surface area contributed by atoms with Gasteiger partial charge in [0.2, 0.25) is 0 Å². The van der Waals surface area contributed by atoms with Gasteiger partial charge in [-0.3, -0.25) is 5.10 Å². The highest BCUT2D eigenvalue weighted by atomic mass is 19.1. The molecule has 2 atom stereocenters. The highest BCUT2D eigenvalue weighted by molar-refractivity contribution is 5.59. The average molecular weight is 339 g/mol. The van der Waals surface area contributed by atoms with Gasteiger partial charge in [-0.1, -0.05) is 35.3 Å². The van der Waals surface area contributed by atoms with Crippen LogP contribution in [-0.2, 0) is 0 Å². The van der Waals surface area contributed by atoms with Crippen LogP contribution in [0.3, 0.4) is 0 Å². The van der Waals surface area contributed by atoms with Gasteiger partial charge in [-0.15, -0.1) is 5.10 Å². The van der Waals surface area contributed by atoms with Crippen LogP contribution in [0.2, 0.25) is 0 Å². The van der Waals surface area contributed by atoms with Crippen molar-refractivity contribution in [3.8, 4) is 23.1 Å². The highest BCUT2D eigenvalue weighted by Crippen LogP contribution is 2.24. The van der Waals surface area contributed by atoms with E-state index in [0.717, 1.165) is 29.0 Å². The van der Waals surface area contributed by atoms with E-state index in [2.05, 4.69) is 27.3 Å². The van der Waals surface area contributed by atoms with Crippen LogP contribution < -0.4 is 0 Å². The maximum absolute atomic E-state index is 13.7. The zero-order valence-corrected chi connectivity index (χ0v) is 13.4. The molecule has 0 aliphatic heterocycles. The van der Waals surface area contributed by atoms with E-state index < -0.39 is 23.7 Å². The number of nitrogens with one attached hydrogen (secondary N) is 1. The monoisotopic (exact) mass is 339 g/mol. The molecule has 0 saturated heterocycles. The molecule has 2 unspecified atom stereocenters. The van der Waals surface area contributed by atoms with Crippen LogP contribution in [0, 0.1) is 29.4 Å². The molecule has 0 aliphatic rings. The number of rotatable bonds is 3. The number of hydrogen-bond donors (Lipinski definition) is 2. The number of nitrogens with zero attached hydrogens (tertiary/aromatic N) is 2. The van der Waals surface area contributed by atoms with E-state index in [0.29, 0.717) is 0 Å². The van der Waals surface area contributed by atoms with Gasteiger partial charge in [-0.2, -0.15) is 0 Å². The first-order chi connectivity index (χ1) is 12.0. The number of hydrogen-bond acceptors (Lipinski definition) is 3. The first kappa shape index (κ1) is 16.8. The molecule has 0 bridgehead atoms. The van der Waals surface area contributed by atoms with Gasteiger partial charge in [0.25, 0.3) is 0 Å². The third-order valence-corrected chi connectivity index (χ3v) is 3.80. The van der Waals surface area contributed by atoms with Gasteiger partial charge in [0.05, 0.1) is 6.10 Å². The summed E-state index contributed by atoms with van der Waals surface area (Å²) in [6, 6.07) is 10.5. The van der Waals surface area contributed by atoms with E-state index in [-0.39, 0.29) is 5.56 Å². The Balaban J connectivity index is 1.73. The van der Waals surface area contributed by atoms with E-state index in [1.165, 1.54) is 6.07 Å². The minimum absolute atomic E-state index is 0.0320. The summed E-state index contributed by atoms with van der Waals surface area (Å²) >= 11 is 0. The van der Waals surface area contributed by atoms with E-state index in [4.69, 9.17) is 0 Å². The maximum Gasteiger partial charge on any atom is 0.131 e. The summed E-state index contributed by atoms with van der Waals surface area (Å²) in [4.78, 5) is 0. The number of benzene rings is 2. The first-order valence-corrected chi connectivity index (χ1v) is 7.66. The Hall–Kier alpha value is -3.04. The molecule has 2 aromatic carbocycles. The van der Waals surface area contributed by atoms with Crippen molar-refractivity contribution in [3.63, 3.8) is 0 Å². The predicted octanol–water partition coefficient (Wildman–Crippen LogP) is 3.47. The summed E-state index contributed by atoms with van der Waals surface area (Å²) in [6.45, 7) is 1.68. The molecule has 3 aromatic rings. The molecule has 0 amide bonds. The van der Waals surface area contributed by atoms with Crippen molar-refractivity contribution in [2.75, 3.05) is 0 Å². The van der Waals surface area contributed by atoms with Crippen LogP contribution in [0.5, 0.6) is 0 Å². The lowest BCUT2D eigenvalue weighted by atomic mass is 9.97. The van der Waals surface area contributed by atoms with Gasteiger partial charge in [0.1, 0.15) is 17.3 Å². The van der Waals surface area contributed by atoms with E-state index in [1.54, 1.807) is 13.1 Å². The molecule has 0 saturated carbocycles. The predicted molar refractivity (Wildman–Crippen MR) is 89.2 cm³/mol. The van der Waals surface area contributed by atoms with E-state index in [1.807, 2.05) is 24.3 Å². The molecule has 0 fully saturated rings. The minimum Gasteiger partial charge on any atom is -0.387 e. The zero-order chi connectivity index (χ0) is 17.8. The molecule has 4 nitrogen and oxygen atoms in total. The Morgan fingerprint density at radius 1 is 1.12 bits per heavy atom. The van der Waals surface area contributed by atoms with Crippen LogP contribution in [0.25, 0.3) is 11.3 Å². The van der Waals surface area contributed by atoms with Crippen LogP contribution >= 0.6 is 0 Å². The van der Waals surface area contributed by atoms with Crippen LogP contribution in [0.4, 0.5) is 8.78 Å². The summed E-state index contributed by atoms with van der Waals surface area (Å²) in [5.41, 5.74) is 2.42. The van der Waals surface area contributed by atoms with Crippen molar-refractivity contribution < 1.29 is 13.9 Å². The third kappa shape index (κ3) is 3.90. The standard InChI is InChI=1S/C19H15F2N3O/c1-12(19(25)16-9-8-15(20)10-17(16)21)2-3-13-4-6-14(7-5-13)18-11-22-24-23-18/h4-12,19,25H,1H3,(H,22,23,24). The molecular weight excluding hydrogens is 324 g/mol. The van der Waals surface area contributed by atoms with Gasteiger partial charge in [-0.25, -0.2) is 8.78 Å². The lowest BCUT2D eigenvalue weighted by Crippen LogP contribution is -2.09. The molecule has 2 N–H and O–H groups in total. The Morgan fingerprint density at radius 3 is 2.52 bits per heavy atom. The Morgan fingerprint density at radius 2 is 1.88 bits per heavy atom. The third-order valence-electron chi connectivity index (χ3n) is 3.80. The molecule has 6 heteroatoms. The second kappa shape index (κ2) is 7.24. The van der Waals surface area contributed by atoms with Crippen molar-refractivity contribution in [1.82, 2.24) is 15.4 Å². The molecular formula is C19H15F2N3O. The minimum atomic E-state index is -1.14. The fraction of sp³-hybridized carbons (Fsp3) is 0.158. The summed E-state index contributed by atoms with van der Waals surface area (Å²) in [6.07, 6.45) is 0.554. The fourth-order valence-corrected chi connectivity index (χ4v) is 2.35. The summed E-state index contributed by atoms with van der Waals surface area (Å²) in [5, 5.41) is 20.5. The van der Waals surface area contributed by atoms with Crippen LogP contribution in [-0.4, -0.2) is 20.5 Å². The first-order valence-electron chi connectivity index (χ1n) is 7.66. The molecule has 0 spiro atoms. The van der Waals surface area contributed by atoms with Crippen molar-refractivity contribution >= 4 is 0 Å². The van der Waals surface area contributed by atoms with Crippen molar-refractivity contribution in [2.24, 2.45) is 5.92 Å². The quantitative estimate of drug-likeness (QED) is 0.718. The second-order valence-corrected chi connectivity index (χ2v) is 5.60. The van der Waals surface area contributed by atoms with Crippen molar-refractivity contribution in [2.45, 2.75) is 13.0 Å². The average Bonchev–Trinajstić information content (AvgIpc) is 3.14. The summed E-state index contributed by atoms with van der Waals surface area (Å²) < 4.78 is 26.7. The smallest absolute Gasteiger partial charge is 0.131 e. The normalized spacial score (nSPS) is 13.0. The molecule has 25 heavy (non-hydrogen) atoms. The zero-order valence-electron chi connectivity index (χ0n) is 13.4. The molecule has 0 radical (unpaired) electrons. The van der Waals surface area contributed by atoms with Gasteiger partial charge in [-0.05, 0) is 25.1 Å². The number of H-pyrrole nitrogens is 1. The fourth-order valence-electron chi connectivity index (χ4n) is 2.35. The lowest BCUT2D eigenvalue weighted by molar-refractivity contribution is 0.139. The molecule has 0 aliphatic carbocycles. The summed E-state index contributed by atoms with van der Waals surface area (Å²) in [7, 11) is 0. The topological polar surface area (TPSA) is 61.8 Å². The van der Waals surface area contributed by atoms with Crippen molar-refractivity contribution in [3.05, 3.63) is 71.4 Å². The number of aliphatic hydroxyl groups excluding tert-OH is 1. The van der Waals surface area contributed by atoms with Crippen molar-refractivity contribution in [1.29, 1.82) is 0 Å². The lowest BCUT2D eigenvalue weighted by Gasteiger charge is -2.14. The largest absolute Gasteiger partial charge is 0.387 e. The number of aromatic nitrogens is 3. The van der Waals surface area contributed by atoms with E-state index >= 15 is 0 Å². The van der Waals surface area contributed by atoms with Gasteiger partial charge < -0.3 is 5.11 Å². The van der Waals surface area contributed by atoms with E-state index in [9.17, 15) is 13.9 Å². The van der Waals surface area contributed by atoms with Gasteiger partial charge in [0.15, 0.2) is 0 Å². The second-order valence-electron chi connectivity index (χ2n) is 5.60. The Labute approximate surface area is 143 Å². The van der Waals surface area contributed by atoms with Gasteiger partial charge >= 0.3 is 0 Å². The molecule has 126 valence electrons. The Kier molecular flexibility index (Phi) is 4.87. The molecule has 1 aromatic heterocycles. The Bertz CT molecular complexity index is 912. The van der Waals surface area contributed by atoms with Crippen LogP contribution in [0.15, 0.2) is 48.7 Å². The number of aromatic amines is 1. The number of halogens is 2. The molecule has 3 rings (SSSR count). The number of aliphatic hydroxyl groups is 1. The maximum atomic E-state index is 13.7.